The van der Waals surface area contributed by atoms with Gasteiger partial charge in [-0.25, -0.2) is 4.39 Å². The highest BCUT2D eigenvalue weighted by molar-refractivity contribution is 6.05. The average molecular weight is 273 g/mol. The van der Waals surface area contributed by atoms with Crippen molar-refractivity contribution in [3.63, 3.8) is 0 Å². The third-order valence-corrected chi connectivity index (χ3v) is 2.61. The van der Waals surface area contributed by atoms with Crippen LogP contribution >= 0.6 is 0 Å². The minimum absolute atomic E-state index is 0.112. The largest absolute Gasteiger partial charge is 0.399 e. The molecule has 0 saturated carbocycles. The molecule has 0 fully saturated rings. The van der Waals surface area contributed by atoms with Crippen LogP contribution in [-0.2, 0) is 0 Å². The maximum Gasteiger partial charge on any atom is 0.255 e. The average Bonchev–Trinajstić information content (AvgIpc) is 2.38. The molecule has 5 N–H and O–H groups in total. The first-order valence-corrected chi connectivity index (χ1v) is 5.73. The second-order valence-electron chi connectivity index (χ2n) is 4.17. The molecule has 0 saturated heterocycles. The van der Waals surface area contributed by atoms with Crippen molar-refractivity contribution in [1.82, 2.24) is 0 Å². The highest BCUT2D eigenvalue weighted by Crippen LogP contribution is 2.14. The van der Waals surface area contributed by atoms with Crippen LogP contribution in [0.2, 0.25) is 0 Å². The van der Waals surface area contributed by atoms with Gasteiger partial charge in [-0.05, 0) is 42.5 Å². The van der Waals surface area contributed by atoms with Gasteiger partial charge in [0.15, 0.2) is 0 Å². The summed E-state index contributed by atoms with van der Waals surface area (Å²) >= 11 is 0. The Kier molecular flexibility index (Phi) is 3.65. The molecule has 0 heterocycles. The molecule has 0 atom stereocenters. The number of anilines is 2. The van der Waals surface area contributed by atoms with E-state index in [0.717, 1.165) is 12.1 Å². The lowest BCUT2D eigenvalue weighted by Gasteiger charge is -2.06. The molecule has 2 amide bonds. The van der Waals surface area contributed by atoms with Crippen LogP contribution in [0, 0.1) is 5.82 Å². The first-order chi connectivity index (χ1) is 9.45. The van der Waals surface area contributed by atoms with E-state index >= 15 is 0 Å². The van der Waals surface area contributed by atoms with Crippen molar-refractivity contribution in [2.45, 2.75) is 0 Å². The zero-order valence-corrected chi connectivity index (χ0v) is 10.4. The molecule has 0 aromatic heterocycles. The fraction of sp³-hybridized carbons (Fsp3) is 0. The Hall–Kier alpha value is -2.89. The number of hydrogen-bond donors (Lipinski definition) is 3. The third kappa shape index (κ3) is 3.11. The quantitative estimate of drug-likeness (QED) is 0.743. The van der Waals surface area contributed by atoms with Gasteiger partial charge in [-0.1, -0.05) is 0 Å². The standard InChI is InChI=1S/C14H12FN3O2/c15-10-5-9(6-11(16)7-10)14(20)18-12-3-1-8(2-4-12)13(17)19/h1-7H,16H2,(H2,17,19)(H,18,20). The number of carbonyl (C=O) groups excluding carboxylic acids is 2. The van der Waals surface area contributed by atoms with Gasteiger partial charge in [0.2, 0.25) is 5.91 Å². The molecule has 102 valence electrons. The molecule has 0 unspecified atom stereocenters. The molecule has 2 rings (SSSR count). The second-order valence-corrected chi connectivity index (χ2v) is 4.17. The molecule has 20 heavy (non-hydrogen) atoms. The fourth-order valence-electron chi connectivity index (χ4n) is 1.66. The van der Waals surface area contributed by atoms with Crippen LogP contribution in [0.1, 0.15) is 20.7 Å². The lowest BCUT2D eigenvalue weighted by molar-refractivity contribution is 0.0998. The summed E-state index contributed by atoms with van der Waals surface area (Å²) in [6.45, 7) is 0. The van der Waals surface area contributed by atoms with Crippen LogP contribution in [0.3, 0.4) is 0 Å². The van der Waals surface area contributed by atoms with Crippen LogP contribution in [0.25, 0.3) is 0 Å². The van der Waals surface area contributed by atoms with E-state index in [1.807, 2.05) is 0 Å². The van der Waals surface area contributed by atoms with Gasteiger partial charge in [0.1, 0.15) is 5.82 Å². The van der Waals surface area contributed by atoms with Gasteiger partial charge < -0.3 is 16.8 Å². The summed E-state index contributed by atoms with van der Waals surface area (Å²) in [6.07, 6.45) is 0. The highest BCUT2D eigenvalue weighted by Gasteiger charge is 2.09. The maximum atomic E-state index is 13.2. The molecule has 0 aliphatic carbocycles. The number of carbonyl (C=O) groups is 2. The first kappa shape index (κ1) is 13.5. The summed E-state index contributed by atoms with van der Waals surface area (Å²) in [5.41, 5.74) is 11.7. The minimum Gasteiger partial charge on any atom is -0.399 e. The van der Waals surface area contributed by atoms with Crippen LogP contribution in [-0.4, -0.2) is 11.8 Å². The highest BCUT2D eigenvalue weighted by atomic mass is 19.1. The monoisotopic (exact) mass is 273 g/mol. The topological polar surface area (TPSA) is 98.2 Å². The van der Waals surface area contributed by atoms with E-state index < -0.39 is 17.6 Å². The van der Waals surface area contributed by atoms with E-state index in [1.54, 1.807) is 0 Å². The van der Waals surface area contributed by atoms with Crippen molar-refractivity contribution in [2.75, 3.05) is 11.1 Å². The molecular formula is C14H12FN3O2. The zero-order valence-electron chi connectivity index (χ0n) is 10.4. The predicted octanol–water partition coefficient (Wildman–Crippen LogP) is 1.76. The van der Waals surface area contributed by atoms with Crippen molar-refractivity contribution in [3.8, 4) is 0 Å². The molecule has 0 bridgehead atoms. The normalized spacial score (nSPS) is 10.1. The number of hydrogen-bond acceptors (Lipinski definition) is 3. The van der Waals surface area contributed by atoms with Crippen LogP contribution in [0.15, 0.2) is 42.5 Å². The molecule has 0 spiro atoms. The summed E-state index contributed by atoms with van der Waals surface area (Å²) in [5.74, 6) is -1.64. The number of nitrogen functional groups attached to an aromatic ring is 1. The van der Waals surface area contributed by atoms with Crippen molar-refractivity contribution >= 4 is 23.2 Å². The van der Waals surface area contributed by atoms with Gasteiger partial charge in [0, 0.05) is 22.5 Å². The van der Waals surface area contributed by atoms with Gasteiger partial charge in [0.05, 0.1) is 0 Å². The summed E-state index contributed by atoms with van der Waals surface area (Å²) < 4.78 is 13.2. The Morgan fingerprint density at radius 1 is 1.00 bits per heavy atom. The molecule has 0 aliphatic rings. The first-order valence-electron chi connectivity index (χ1n) is 5.73. The molecular weight excluding hydrogens is 261 g/mol. The number of benzene rings is 2. The third-order valence-electron chi connectivity index (χ3n) is 2.61. The Morgan fingerprint density at radius 3 is 2.20 bits per heavy atom. The lowest BCUT2D eigenvalue weighted by Crippen LogP contribution is -2.14. The van der Waals surface area contributed by atoms with Crippen molar-refractivity contribution < 1.29 is 14.0 Å². The summed E-state index contributed by atoms with van der Waals surface area (Å²) in [4.78, 5) is 22.8. The summed E-state index contributed by atoms with van der Waals surface area (Å²) in [7, 11) is 0. The van der Waals surface area contributed by atoms with Gasteiger partial charge in [-0.2, -0.15) is 0 Å². The van der Waals surface area contributed by atoms with Crippen molar-refractivity contribution in [2.24, 2.45) is 5.73 Å². The molecule has 5 nitrogen and oxygen atoms in total. The van der Waals surface area contributed by atoms with Gasteiger partial charge in [-0.15, -0.1) is 0 Å². The summed E-state index contributed by atoms with van der Waals surface area (Å²) in [5, 5.41) is 2.57. The Morgan fingerprint density at radius 2 is 1.65 bits per heavy atom. The number of primary amides is 1. The number of rotatable bonds is 3. The van der Waals surface area contributed by atoms with E-state index in [4.69, 9.17) is 11.5 Å². The Bertz CT molecular complexity index is 648. The van der Waals surface area contributed by atoms with Crippen molar-refractivity contribution in [1.29, 1.82) is 0 Å². The summed E-state index contributed by atoms with van der Waals surface area (Å²) in [6, 6.07) is 9.61. The minimum atomic E-state index is -0.584. The van der Waals surface area contributed by atoms with E-state index in [-0.39, 0.29) is 11.3 Å². The SMILES string of the molecule is NC(=O)c1ccc(NC(=O)c2cc(N)cc(F)c2)cc1. The van der Waals surface area contributed by atoms with Crippen LogP contribution in [0.5, 0.6) is 0 Å². The number of nitrogens with one attached hydrogen (secondary N) is 1. The molecule has 2 aromatic carbocycles. The van der Waals surface area contributed by atoms with E-state index in [2.05, 4.69) is 5.32 Å². The van der Waals surface area contributed by atoms with Crippen LogP contribution < -0.4 is 16.8 Å². The maximum absolute atomic E-state index is 13.2. The number of amides is 2. The second kappa shape index (κ2) is 5.40. The van der Waals surface area contributed by atoms with E-state index in [9.17, 15) is 14.0 Å². The molecule has 0 aliphatic heterocycles. The van der Waals surface area contributed by atoms with Gasteiger partial charge >= 0.3 is 0 Å². The van der Waals surface area contributed by atoms with E-state index in [1.165, 1.54) is 30.3 Å². The number of halogens is 1. The molecule has 2 aromatic rings. The Labute approximate surface area is 114 Å². The lowest BCUT2D eigenvalue weighted by atomic mass is 10.1. The van der Waals surface area contributed by atoms with Gasteiger partial charge in [0.25, 0.3) is 5.91 Å². The molecule has 6 heteroatoms. The number of nitrogens with two attached hydrogens (primary N) is 2. The van der Waals surface area contributed by atoms with Gasteiger partial charge in [-0.3, -0.25) is 9.59 Å². The predicted molar refractivity (Wildman–Crippen MR) is 73.7 cm³/mol. The zero-order chi connectivity index (χ0) is 14.7. The van der Waals surface area contributed by atoms with E-state index in [0.29, 0.717) is 11.3 Å². The van der Waals surface area contributed by atoms with Crippen LogP contribution in [0.4, 0.5) is 15.8 Å². The van der Waals surface area contributed by atoms with Crippen molar-refractivity contribution in [3.05, 3.63) is 59.4 Å². The molecule has 0 radical (unpaired) electrons. The smallest absolute Gasteiger partial charge is 0.255 e. The Balaban J connectivity index is 2.16. The fourth-order valence-corrected chi connectivity index (χ4v) is 1.66.